The summed E-state index contributed by atoms with van der Waals surface area (Å²) < 4.78 is 40.6. The first kappa shape index (κ1) is 15.0. The van der Waals surface area contributed by atoms with E-state index in [1.807, 2.05) is 6.92 Å². The van der Waals surface area contributed by atoms with E-state index in [0.717, 1.165) is 11.6 Å². The molecule has 0 unspecified atom stereocenters. The molecule has 0 bridgehead atoms. The molecule has 106 valence electrons. The Kier molecular flexibility index (Phi) is 4.15. The van der Waals surface area contributed by atoms with Crippen molar-refractivity contribution in [1.82, 2.24) is 0 Å². The van der Waals surface area contributed by atoms with E-state index in [1.165, 1.54) is 18.2 Å². The van der Waals surface area contributed by atoms with Crippen LogP contribution in [0.1, 0.15) is 11.1 Å². The van der Waals surface area contributed by atoms with Crippen molar-refractivity contribution >= 4 is 31.6 Å². The van der Waals surface area contributed by atoms with E-state index in [2.05, 4.69) is 20.7 Å². The Labute approximate surface area is 126 Å². The fraction of sp³-hybridized carbons (Fsp3) is 0.143. The second-order valence-electron chi connectivity index (χ2n) is 4.50. The Morgan fingerprint density at radius 1 is 1.10 bits per heavy atom. The SMILES string of the molecule is Cc1ccc(S(=O)(=O)Nc2cc(F)c(Br)cc2C)cc1. The third kappa shape index (κ3) is 3.19. The lowest BCUT2D eigenvalue weighted by atomic mass is 10.2. The predicted octanol–water partition coefficient (Wildman–Crippen LogP) is 4.01. The zero-order valence-corrected chi connectivity index (χ0v) is 13.3. The lowest BCUT2D eigenvalue weighted by Crippen LogP contribution is -2.14. The highest BCUT2D eigenvalue weighted by atomic mass is 79.9. The minimum atomic E-state index is -3.71. The zero-order valence-electron chi connectivity index (χ0n) is 10.9. The van der Waals surface area contributed by atoms with Gasteiger partial charge in [-0.15, -0.1) is 0 Å². The van der Waals surface area contributed by atoms with Crippen LogP contribution in [-0.4, -0.2) is 8.42 Å². The lowest BCUT2D eigenvalue weighted by Gasteiger charge is -2.11. The summed E-state index contributed by atoms with van der Waals surface area (Å²) in [6, 6.07) is 9.14. The molecule has 0 heterocycles. The lowest BCUT2D eigenvalue weighted by molar-refractivity contribution is 0.601. The predicted molar refractivity (Wildman–Crippen MR) is 80.8 cm³/mol. The Morgan fingerprint density at radius 3 is 2.30 bits per heavy atom. The third-order valence-electron chi connectivity index (χ3n) is 2.84. The number of halogens is 2. The number of aryl methyl sites for hydroxylation is 2. The summed E-state index contributed by atoms with van der Waals surface area (Å²) in [5, 5.41) is 0. The molecule has 0 saturated heterocycles. The van der Waals surface area contributed by atoms with E-state index in [4.69, 9.17) is 0 Å². The maximum absolute atomic E-state index is 13.5. The normalized spacial score (nSPS) is 11.4. The number of hydrogen-bond donors (Lipinski definition) is 1. The first-order valence-electron chi connectivity index (χ1n) is 5.85. The largest absolute Gasteiger partial charge is 0.279 e. The summed E-state index contributed by atoms with van der Waals surface area (Å²) in [6.45, 7) is 3.58. The van der Waals surface area contributed by atoms with E-state index >= 15 is 0 Å². The highest BCUT2D eigenvalue weighted by Crippen LogP contribution is 2.26. The molecule has 20 heavy (non-hydrogen) atoms. The van der Waals surface area contributed by atoms with Crippen molar-refractivity contribution < 1.29 is 12.8 Å². The highest BCUT2D eigenvalue weighted by molar-refractivity contribution is 9.10. The number of anilines is 1. The molecule has 6 heteroatoms. The minimum Gasteiger partial charge on any atom is -0.279 e. The first-order chi connectivity index (χ1) is 9.29. The van der Waals surface area contributed by atoms with Gasteiger partial charge in [-0.05, 0) is 59.6 Å². The number of nitrogens with one attached hydrogen (secondary N) is 1. The summed E-state index contributed by atoms with van der Waals surface area (Å²) in [5.74, 6) is -0.516. The molecule has 2 aromatic rings. The van der Waals surface area contributed by atoms with E-state index in [-0.39, 0.29) is 10.6 Å². The summed E-state index contributed by atoms with van der Waals surface area (Å²) >= 11 is 3.06. The van der Waals surface area contributed by atoms with Crippen LogP contribution in [0.3, 0.4) is 0 Å². The van der Waals surface area contributed by atoms with Crippen LogP contribution in [0.2, 0.25) is 0 Å². The van der Waals surface area contributed by atoms with Crippen LogP contribution in [0.25, 0.3) is 0 Å². The molecule has 0 aliphatic carbocycles. The summed E-state index contributed by atoms with van der Waals surface area (Å²) in [5.41, 5.74) is 1.83. The quantitative estimate of drug-likeness (QED) is 0.901. The van der Waals surface area contributed by atoms with Gasteiger partial charge in [-0.25, -0.2) is 12.8 Å². The minimum absolute atomic E-state index is 0.144. The van der Waals surface area contributed by atoms with Crippen molar-refractivity contribution in [3.63, 3.8) is 0 Å². The van der Waals surface area contributed by atoms with Gasteiger partial charge >= 0.3 is 0 Å². The van der Waals surface area contributed by atoms with Gasteiger partial charge < -0.3 is 0 Å². The van der Waals surface area contributed by atoms with Gasteiger partial charge in [0, 0.05) is 0 Å². The molecule has 0 spiro atoms. The molecule has 0 radical (unpaired) electrons. The van der Waals surface area contributed by atoms with Crippen LogP contribution in [0.15, 0.2) is 45.8 Å². The Hall–Kier alpha value is -1.40. The number of hydrogen-bond acceptors (Lipinski definition) is 2. The maximum atomic E-state index is 13.5. The average Bonchev–Trinajstić information content (AvgIpc) is 2.36. The van der Waals surface area contributed by atoms with Gasteiger partial charge in [0.25, 0.3) is 10.0 Å². The van der Waals surface area contributed by atoms with Gasteiger partial charge in [-0.2, -0.15) is 0 Å². The molecular weight excluding hydrogens is 345 g/mol. The molecule has 3 nitrogen and oxygen atoms in total. The van der Waals surface area contributed by atoms with Crippen LogP contribution in [0, 0.1) is 19.7 Å². The molecule has 0 atom stereocenters. The molecule has 0 amide bonds. The smallest absolute Gasteiger partial charge is 0.261 e. The molecule has 1 N–H and O–H groups in total. The van der Waals surface area contributed by atoms with Crippen molar-refractivity contribution in [2.24, 2.45) is 0 Å². The van der Waals surface area contributed by atoms with Gasteiger partial charge in [0.1, 0.15) is 5.82 Å². The first-order valence-corrected chi connectivity index (χ1v) is 8.12. The third-order valence-corrected chi connectivity index (χ3v) is 4.83. The van der Waals surface area contributed by atoms with E-state index in [0.29, 0.717) is 10.0 Å². The van der Waals surface area contributed by atoms with Crippen molar-refractivity contribution in [1.29, 1.82) is 0 Å². The summed E-state index contributed by atoms with van der Waals surface area (Å²) in [4.78, 5) is 0.144. The molecule has 0 aromatic heterocycles. The van der Waals surface area contributed by atoms with E-state index in [1.54, 1.807) is 19.1 Å². The molecule has 0 aliphatic heterocycles. The van der Waals surface area contributed by atoms with Crippen LogP contribution < -0.4 is 4.72 Å². The van der Waals surface area contributed by atoms with Crippen molar-refractivity contribution in [3.8, 4) is 0 Å². The second kappa shape index (κ2) is 5.54. The Balaban J connectivity index is 2.38. The number of rotatable bonds is 3. The molecule has 0 aliphatic rings. The highest BCUT2D eigenvalue weighted by Gasteiger charge is 2.16. The van der Waals surface area contributed by atoms with Crippen LogP contribution >= 0.6 is 15.9 Å². The Bertz CT molecular complexity index is 743. The summed E-state index contributed by atoms with van der Waals surface area (Å²) in [6.07, 6.45) is 0. The second-order valence-corrected chi connectivity index (χ2v) is 7.04. The number of sulfonamides is 1. The van der Waals surface area contributed by atoms with Crippen LogP contribution in [-0.2, 0) is 10.0 Å². The van der Waals surface area contributed by atoms with E-state index < -0.39 is 15.8 Å². The van der Waals surface area contributed by atoms with E-state index in [9.17, 15) is 12.8 Å². The molecule has 0 saturated carbocycles. The topological polar surface area (TPSA) is 46.2 Å². The fourth-order valence-corrected chi connectivity index (χ4v) is 3.26. The van der Waals surface area contributed by atoms with Gasteiger partial charge in [-0.3, -0.25) is 4.72 Å². The summed E-state index contributed by atoms with van der Waals surface area (Å²) in [7, 11) is -3.71. The standard InChI is InChI=1S/C14H13BrFNO2S/c1-9-3-5-11(6-4-9)20(18,19)17-14-8-13(16)12(15)7-10(14)2/h3-8,17H,1-2H3. The fourth-order valence-electron chi connectivity index (χ4n) is 1.68. The van der Waals surface area contributed by atoms with Crippen LogP contribution in [0.5, 0.6) is 0 Å². The average molecular weight is 358 g/mol. The maximum Gasteiger partial charge on any atom is 0.261 e. The Morgan fingerprint density at radius 2 is 1.70 bits per heavy atom. The molecule has 0 fully saturated rings. The number of benzene rings is 2. The van der Waals surface area contributed by atoms with Crippen LogP contribution in [0.4, 0.5) is 10.1 Å². The van der Waals surface area contributed by atoms with Crippen molar-refractivity contribution in [3.05, 3.63) is 57.8 Å². The monoisotopic (exact) mass is 357 g/mol. The van der Waals surface area contributed by atoms with Gasteiger partial charge in [0.05, 0.1) is 15.1 Å². The van der Waals surface area contributed by atoms with Crippen molar-refractivity contribution in [2.45, 2.75) is 18.7 Å². The molecule has 2 aromatic carbocycles. The van der Waals surface area contributed by atoms with Crippen molar-refractivity contribution in [2.75, 3.05) is 4.72 Å². The molecule has 2 rings (SSSR count). The zero-order chi connectivity index (χ0) is 14.9. The van der Waals surface area contributed by atoms with Gasteiger partial charge in [0.15, 0.2) is 0 Å². The molecular formula is C14H13BrFNO2S. The van der Waals surface area contributed by atoms with Gasteiger partial charge in [-0.1, -0.05) is 17.7 Å². The van der Waals surface area contributed by atoms with Gasteiger partial charge in [0.2, 0.25) is 0 Å².